The van der Waals surface area contributed by atoms with Gasteiger partial charge in [0.05, 0.1) is 39.8 Å². The van der Waals surface area contributed by atoms with Gasteiger partial charge in [-0.15, -0.1) is 11.3 Å². The molecule has 1 rings (SSSR count). The van der Waals surface area contributed by atoms with Crippen LogP contribution in [0.5, 0.6) is 0 Å². The normalized spacial score (nSPS) is 11.8. The average molecular weight is 661 g/mol. The largest absolute Gasteiger partial charge is 0.480 e. The van der Waals surface area contributed by atoms with Gasteiger partial charge in [-0.25, -0.2) is 14.6 Å². The number of hydrogen-bond donors (Lipinski definition) is 5. The second kappa shape index (κ2) is 18.3. The average Bonchev–Trinajstić information content (AvgIpc) is 3.35. The number of amides is 1. The van der Waals surface area contributed by atoms with Gasteiger partial charge in [0.1, 0.15) is 11.5 Å². The molecule has 0 saturated heterocycles. The van der Waals surface area contributed by atoms with Crippen molar-refractivity contribution < 1.29 is 63.6 Å². The number of esters is 1. The standard InChI is InChI=1S/C25H36N6O13S/c1-15(32)9-30(12-19(36)37)7-5-29(11-18(34)35)6-8-31(13-20(38)39)10-17(33)27-24-26-16(14-45-24)21(22(40)41)28-44-25(2,3)23(42)43-4/h14H,5-13H2,1-4H3,(H,34,35)(H,36,37)(H,38,39)(H,40,41)(H,26,27,33)/b28-21-. The van der Waals surface area contributed by atoms with Crippen molar-refractivity contribution in [2.24, 2.45) is 5.16 Å². The van der Waals surface area contributed by atoms with Crippen molar-refractivity contribution >= 4 is 63.7 Å². The van der Waals surface area contributed by atoms with Crippen molar-refractivity contribution in [2.45, 2.75) is 26.4 Å². The van der Waals surface area contributed by atoms with E-state index in [9.17, 15) is 48.9 Å². The number of oxime groups is 1. The first-order valence-electron chi connectivity index (χ1n) is 13.1. The Hall–Kier alpha value is -4.53. The molecular formula is C25H36N6O13S. The van der Waals surface area contributed by atoms with Crippen LogP contribution in [0.1, 0.15) is 26.5 Å². The number of aromatic nitrogens is 1. The van der Waals surface area contributed by atoms with E-state index in [4.69, 9.17) is 9.94 Å². The number of aliphatic carboxylic acids is 4. The number of Topliss-reactive ketones (excluding diaryl/α,β-unsaturated/α-hetero) is 1. The van der Waals surface area contributed by atoms with Gasteiger partial charge in [-0.1, -0.05) is 5.16 Å². The Balaban J connectivity index is 2.94. The van der Waals surface area contributed by atoms with E-state index in [0.717, 1.165) is 18.4 Å². The molecule has 0 spiro atoms. The highest BCUT2D eigenvalue weighted by atomic mass is 32.1. The van der Waals surface area contributed by atoms with Crippen LogP contribution in [0.2, 0.25) is 0 Å². The maximum absolute atomic E-state index is 12.7. The lowest BCUT2D eigenvalue weighted by atomic mass is 10.1. The Bertz CT molecular complexity index is 1270. The maximum atomic E-state index is 12.7. The molecule has 0 aliphatic heterocycles. The molecule has 1 heterocycles. The van der Waals surface area contributed by atoms with Crippen molar-refractivity contribution in [3.8, 4) is 0 Å². The highest BCUT2D eigenvalue weighted by Crippen LogP contribution is 2.18. The van der Waals surface area contributed by atoms with Crippen LogP contribution in [-0.2, 0) is 43.1 Å². The summed E-state index contributed by atoms with van der Waals surface area (Å²) in [5.74, 6) is -6.99. The fourth-order valence-electron chi connectivity index (χ4n) is 3.59. The van der Waals surface area contributed by atoms with Gasteiger partial charge in [0.15, 0.2) is 5.13 Å². The number of hydrogen-bond acceptors (Lipinski definition) is 15. The number of ether oxygens (including phenoxy) is 1. The van der Waals surface area contributed by atoms with E-state index >= 15 is 0 Å². The predicted octanol–water partition coefficient (Wildman–Crippen LogP) is -1.41. The predicted molar refractivity (Wildman–Crippen MR) is 155 cm³/mol. The Kier molecular flexibility index (Phi) is 15.7. The lowest BCUT2D eigenvalue weighted by Crippen LogP contribution is -2.45. The topological polar surface area (TPSA) is 266 Å². The Morgan fingerprint density at radius 2 is 1.33 bits per heavy atom. The van der Waals surface area contributed by atoms with Gasteiger partial charge in [0.25, 0.3) is 0 Å². The van der Waals surface area contributed by atoms with E-state index in [-0.39, 0.29) is 49.3 Å². The smallest absolute Gasteiger partial charge is 0.360 e. The lowest BCUT2D eigenvalue weighted by molar-refractivity contribution is -0.165. The van der Waals surface area contributed by atoms with Crippen LogP contribution >= 0.6 is 11.3 Å². The summed E-state index contributed by atoms with van der Waals surface area (Å²) in [4.78, 5) is 94.6. The molecule has 1 amide bonds. The zero-order valence-corrected chi connectivity index (χ0v) is 25.9. The number of methoxy groups -OCH3 is 1. The van der Waals surface area contributed by atoms with Gasteiger partial charge in [-0.05, 0) is 20.8 Å². The molecule has 0 aromatic carbocycles. The molecule has 45 heavy (non-hydrogen) atoms. The van der Waals surface area contributed by atoms with Crippen LogP contribution in [0, 0.1) is 0 Å². The Morgan fingerprint density at radius 1 is 0.844 bits per heavy atom. The summed E-state index contributed by atoms with van der Waals surface area (Å²) < 4.78 is 4.57. The summed E-state index contributed by atoms with van der Waals surface area (Å²) in [7, 11) is 1.12. The molecule has 250 valence electrons. The van der Waals surface area contributed by atoms with Crippen LogP contribution in [0.4, 0.5) is 5.13 Å². The number of nitrogens with zero attached hydrogens (tertiary/aromatic N) is 5. The Labute approximate surface area is 261 Å². The third-order valence-corrected chi connectivity index (χ3v) is 6.35. The van der Waals surface area contributed by atoms with Crippen LogP contribution in [0.3, 0.4) is 0 Å². The molecular weight excluding hydrogens is 624 g/mol. The fraction of sp³-hybridized carbons (Fsp3) is 0.560. The quantitative estimate of drug-likeness (QED) is 0.0543. The molecule has 0 saturated carbocycles. The van der Waals surface area contributed by atoms with Crippen molar-refractivity contribution in [3.05, 3.63) is 11.1 Å². The van der Waals surface area contributed by atoms with Gasteiger partial charge in [-0.3, -0.25) is 38.7 Å². The second-order valence-electron chi connectivity index (χ2n) is 10.0. The minimum absolute atomic E-state index is 0.0183. The van der Waals surface area contributed by atoms with Gasteiger partial charge < -0.3 is 35.3 Å². The molecule has 0 unspecified atom stereocenters. The fourth-order valence-corrected chi connectivity index (χ4v) is 4.30. The number of anilines is 1. The molecule has 1 aromatic heterocycles. The molecule has 20 heteroatoms. The first-order valence-corrected chi connectivity index (χ1v) is 14.0. The van der Waals surface area contributed by atoms with E-state index in [0.29, 0.717) is 0 Å². The number of nitrogens with one attached hydrogen (secondary N) is 1. The summed E-state index contributed by atoms with van der Waals surface area (Å²) >= 11 is 0.838. The molecule has 0 aliphatic carbocycles. The van der Waals surface area contributed by atoms with Crippen LogP contribution in [0.25, 0.3) is 0 Å². The third-order valence-electron chi connectivity index (χ3n) is 5.59. The Morgan fingerprint density at radius 3 is 1.80 bits per heavy atom. The molecule has 5 N–H and O–H groups in total. The SMILES string of the molecule is COC(=O)C(C)(C)O/N=C(\C(=O)O)c1csc(NC(=O)CN(CCN(CCN(CC(C)=O)CC(=O)O)CC(=O)O)CC(=O)O)n1. The number of carbonyl (C=O) groups excluding carboxylic acids is 3. The van der Waals surface area contributed by atoms with Gasteiger partial charge >= 0.3 is 29.8 Å². The molecule has 0 bridgehead atoms. The molecule has 1 aromatic rings. The van der Waals surface area contributed by atoms with E-state index in [1.807, 2.05) is 0 Å². The van der Waals surface area contributed by atoms with Crippen LogP contribution in [-0.4, -0.2) is 159 Å². The van der Waals surface area contributed by atoms with Gasteiger partial charge in [0.2, 0.25) is 17.2 Å². The highest BCUT2D eigenvalue weighted by molar-refractivity contribution is 7.14. The maximum Gasteiger partial charge on any atom is 0.360 e. The summed E-state index contributed by atoms with van der Waals surface area (Å²) in [5.41, 5.74) is -2.47. The van der Waals surface area contributed by atoms with Crippen LogP contribution in [0.15, 0.2) is 10.5 Å². The highest BCUT2D eigenvalue weighted by Gasteiger charge is 2.32. The summed E-state index contributed by atoms with van der Waals surface area (Å²) in [6.07, 6.45) is 0. The van der Waals surface area contributed by atoms with Crippen molar-refractivity contribution in [1.29, 1.82) is 0 Å². The van der Waals surface area contributed by atoms with Gasteiger partial charge in [0, 0.05) is 31.6 Å². The molecule has 0 aliphatic rings. The van der Waals surface area contributed by atoms with E-state index in [1.54, 1.807) is 0 Å². The van der Waals surface area contributed by atoms with E-state index in [1.165, 1.54) is 40.9 Å². The lowest BCUT2D eigenvalue weighted by Gasteiger charge is -2.27. The molecule has 19 nitrogen and oxygen atoms in total. The number of ketones is 1. The minimum Gasteiger partial charge on any atom is -0.480 e. The minimum atomic E-state index is -1.61. The zero-order chi connectivity index (χ0) is 34.3. The summed E-state index contributed by atoms with van der Waals surface area (Å²) in [6, 6.07) is 0. The van der Waals surface area contributed by atoms with Crippen molar-refractivity contribution in [3.63, 3.8) is 0 Å². The van der Waals surface area contributed by atoms with Crippen molar-refractivity contribution in [2.75, 3.05) is 71.3 Å². The number of rotatable bonds is 22. The summed E-state index contributed by atoms with van der Waals surface area (Å²) in [6.45, 7) is 1.76. The molecule has 0 radical (unpaired) electrons. The first-order chi connectivity index (χ1) is 20.9. The zero-order valence-electron chi connectivity index (χ0n) is 25.0. The number of carboxylic acids is 4. The number of carbonyl (C=O) groups is 7. The van der Waals surface area contributed by atoms with Crippen molar-refractivity contribution in [1.82, 2.24) is 19.7 Å². The monoisotopic (exact) mass is 660 g/mol. The second-order valence-corrected chi connectivity index (χ2v) is 10.9. The van der Waals surface area contributed by atoms with E-state index < -0.39 is 73.2 Å². The molecule has 0 atom stereocenters. The first kappa shape index (κ1) is 38.5. The van der Waals surface area contributed by atoms with E-state index in [2.05, 4.69) is 20.2 Å². The van der Waals surface area contributed by atoms with Crippen LogP contribution < -0.4 is 5.32 Å². The third kappa shape index (κ3) is 15.2. The number of thiazole rings is 1. The summed E-state index contributed by atoms with van der Waals surface area (Å²) in [5, 5.41) is 44.3. The van der Waals surface area contributed by atoms with Gasteiger partial charge in [-0.2, -0.15) is 0 Å². The molecule has 0 fully saturated rings. The number of carboxylic acid groups (broad SMARTS) is 4.